The number of carbonyl (C=O) groups is 2. The molecule has 0 spiro atoms. The van der Waals surface area contributed by atoms with Crippen molar-refractivity contribution in [3.8, 4) is 0 Å². The zero-order chi connectivity index (χ0) is 16.1. The summed E-state index contributed by atoms with van der Waals surface area (Å²) < 4.78 is 1.02. The van der Waals surface area contributed by atoms with E-state index in [4.69, 9.17) is 5.11 Å². The first-order valence-corrected chi connectivity index (χ1v) is 8.57. The van der Waals surface area contributed by atoms with Gasteiger partial charge < -0.3 is 10.0 Å². The van der Waals surface area contributed by atoms with Crippen LogP contribution in [0.5, 0.6) is 0 Å². The van der Waals surface area contributed by atoms with Gasteiger partial charge in [0.1, 0.15) is 0 Å². The van der Waals surface area contributed by atoms with Crippen LogP contribution < -0.4 is 0 Å². The van der Waals surface area contributed by atoms with Crippen molar-refractivity contribution >= 4 is 27.8 Å². The highest BCUT2D eigenvalue weighted by atomic mass is 79.9. The SMILES string of the molecule is CCC(Cc1ccccc1Br)C(=O)N1CCC[C@H](C(=O)O)C1. The van der Waals surface area contributed by atoms with Gasteiger partial charge in [-0.15, -0.1) is 0 Å². The Morgan fingerprint density at radius 3 is 2.77 bits per heavy atom. The molecule has 120 valence electrons. The fourth-order valence-corrected chi connectivity index (χ4v) is 3.42. The molecule has 22 heavy (non-hydrogen) atoms. The van der Waals surface area contributed by atoms with Crippen molar-refractivity contribution in [2.75, 3.05) is 13.1 Å². The van der Waals surface area contributed by atoms with Gasteiger partial charge in [-0.1, -0.05) is 41.1 Å². The Morgan fingerprint density at radius 1 is 1.41 bits per heavy atom. The number of aliphatic carboxylic acids is 1. The number of hydrogen-bond acceptors (Lipinski definition) is 2. The number of halogens is 1. The Bertz CT molecular complexity index is 546. The lowest BCUT2D eigenvalue weighted by atomic mass is 9.92. The molecule has 0 radical (unpaired) electrons. The molecule has 2 atom stereocenters. The number of carboxylic acids is 1. The summed E-state index contributed by atoms with van der Waals surface area (Å²) in [5, 5.41) is 9.16. The third-order valence-electron chi connectivity index (χ3n) is 4.35. The number of likely N-dealkylation sites (tertiary alicyclic amines) is 1. The van der Waals surface area contributed by atoms with Crippen LogP contribution in [0.3, 0.4) is 0 Å². The summed E-state index contributed by atoms with van der Waals surface area (Å²) in [5.74, 6) is -1.22. The summed E-state index contributed by atoms with van der Waals surface area (Å²) in [6.07, 6.45) is 2.88. The minimum atomic E-state index is -0.795. The van der Waals surface area contributed by atoms with Crippen molar-refractivity contribution < 1.29 is 14.7 Å². The van der Waals surface area contributed by atoms with Crippen LogP contribution in [0.2, 0.25) is 0 Å². The van der Waals surface area contributed by atoms with Gasteiger partial charge in [-0.05, 0) is 37.3 Å². The summed E-state index contributed by atoms with van der Waals surface area (Å²) in [5.41, 5.74) is 1.12. The molecule has 1 fully saturated rings. The van der Waals surface area contributed by atoms with Gasteiger partial charge in [0, 0.05) is 23.5 Å². The first-order chi connectivity index (χ1) is 10.5. The molecule has 1 unspecified atom stereocenters. The predicted octanol–water partition coefficient (Wildman–Crippen LogP) is 3.34. The molecule has 1 aliphatic rings. The maximum Gasteiger partial charge on any atom is 0.308 e. The van der Waals surface area contributed by atoms with Gasteiger partial charge in [-0.2, -0.15) is 0 Å². The summed E-state index contributed by atoms with van der Waals surface area (Å²) in [6.45, 7) is 3.04. The zero-order valence-corrected chi connectivity index (χ0v) is 14.4. The van der Waals surface area contributed by atoms with Crippen LogP contribution >= 0.6 is 15.9 Å². The van der Waals surface area contributed by atoms with Gasteiger partial charge in [-0.3, -0.25) is 9.59 Å². The first-order valence-electron chi connectivity index (χ1n) is 7.78. The van der Waals surface area contributed by atoms with E-state index in [2.05, 4.69) is 15.9 Å². The minimum Gasteiger partial charge on any atom is -0.481 e. The topological polar surface area (TPSA) is 57.6 Å². The molecule has 1 aromatic rings. The fraction of sp³-hybridized carbons (Fsp3) is 0.529. The number of benzene rings is 1. The van der Waals surface area contributed by atoms with E-state index < -0.39 is 11.9 Å². The summed E-state index contributed by atoms with van der Waals surface area (Å²) in [4.78, 5) is 25.6. The van der Waals surface area contributed by atoms with E-state index >= 15 is 0 Å². The van der Waals surface area contributed by atoms with E-state index in [0.29, 0.717) is 25.9 Å². The van der Waals surface area contributed by atoms with Gasteiger partial charge in [0.2, 0.25) is 5.91 Å². The van der Waals surface area contributed by atoms with E-state index in [1.54, 1.807) is 4.90 Å². The maximum absolute atomic E-state index is 12.7. The van der Waals surface area contributed by atoms with Gasteiger partial charge >= 0.3 is 5.97 Å². The number of carboxylic acid groups (broad SMARTS) is 1. The van der Waals surface area contributed by atoms with E-state index in [1.165, 1.54) is 0 Å². The zero-order valence-electron chi connectivity index (χ0n) is 12.8. The largest absolute Gasteiger partial charge is 0.481 e. The normalized spacial score (nSPS) is 19.7. The molecular weight excluding hydrogens is 346 g/mol. The number of nitrogens with zero attached hydrogens (tertiary/aromatic N) is 1. The van der Waals surface area contributed by atoms with Gasteiger partial charge in [0.05, 0.1) is 5.92 Å². The number of rotatable bonds is 5. The molecule has 0 aliphatic carbocycles. The molecule has 1 heterocycles. The lowest BCUT2D eigenvalue weighted by molar-refractivity contribution is -0.146. The molecule has 0 saturated carbocycles. The first kappa shape index (κ1) is 17.0. The minimum absolute atomic E-state index is 0.0872. The van der Waals surface area contributed by atoms with Gasteiger partial charge in [0.15, 0.2) is 0 Å². The van der Waals surface area contributed by atoms with Crippen molar-refractivity contribution in [2.45, 2.75) is 32.6 Å². The van der Waals surface area contributed by atoms with Gasteiger partial charge in [-0.25, -0.2) is 0 Å². The monoisotopic (exact) mass is 367 g/mol. The van der Waals surface area contributed by atoms with Crippen LogP contribution in [0.15, 0.2) is 28.7 Å². The Hall–Kier alpha value is -1.36. The Morgan fingerprint density at radius 2 is 2.14 bits per heavy atom. The second-order valence-electron chi connectivity index (χ2n) is 5.86. The summed E-state index contributed by atoms with van der Waals surface area (Å²) >= 11 is 3.53. The van der Waals surface area contributed by atoms with Crippen molar-refractivity contribution in [1.29, 1.82) is 0 Å². The average molecular weight is 368 g/mol. The predicted molar refractivity (Wildman–Crippen MR) is 88.6 cm³/mol. The number of amides is 1. The Labute approximate surface area is 139 Å². The molecule has 4 nitrogen and oxygen atoms in total. The highest BCUT2D eigenvalue weighted by Gasteiger charge is 2.31. The molecule has 2 rings (SSSR count). The van der Waals surface area contributed by atoms with Crippen LogP contribution in [0, 0.1) is 11.8 Å². The summed E-state index contributed by atoms with van der Waals surface area (Å²) in [6, 6.07) is 7.93. The highest BCUT2D eigenvalue weighted by Crippen LogP contribution is 2.24. The van der Waals surface area contributed by atoms with Crippen molar-refractivity contribution in [3.63, 3.8) is 0 Å². The molecule has 1 aromatic carbocycles. The van der Waals surface area contributed by atoms with Crippen molar-refractivity contribution in [3.05, 3.63) is 34.3 Å². The fourth-order valence-electron chi connectivity index (χ4n) is 2.97. The molecule has 5 heteroatoms. The third-order valence-corrected chi connectivity index (χ3v) is 5.12. The Balaban J connectivity index is 2.05. The van der Waals surface area contributed by atoms with E-state index in [-0.39, 0.29) is 11.8 Å². The summed E-state index contributed by atoms with van der Waals surface area (Å²) in [7, 11) is 0. The smallest absolute Gasteiger partial charge is 0.308 e. The van der Waals surface area contributed by atoms with Crippen LogP contribution in [-0.2, 0) is 16.0 Å². The maximum atomic E-state index is 12.7. The quantitative estimate of drug-likeness (QED) is 0.867. The average Bonchev–Trinajstić information content (AvgIpc) is 2.53. The van der Waals surface area contributed by atoms with Crippen LogP contribution in [-0.4, -0.2) is 35.0 Å². The van der Waals surface area contributed by atoms with Crippen LogP contribution in [0.1, 0.15) is 31.7 Å². The molecule has 1 aliphatic heterocycles. The molecule has 1 N–H and O–H groups in total. The van der Waals surface area contributed by atoms with Crippen LogP contribution in [0.4, 0.5) is 0 Å². The van der Waals surface area contributed by atoms with Crippen molar-refractivity contribution in [1.82, 2.24) is 4.90 Å². The number of hydrogen-bond donors (Lipinski definition) is 1. The lowest BCUT2D eigenvalue weighted by Gasteiger charge is -2.33. The Kier molecular flexibility index (Phi) is 6.00. The molecule has 1 saturated heterocycles. The molecule has 1 amide bonds. The standard InChI is InChI=1S/C17H22BrNO3/c1-2-12(10-13-6-3-4-8-15(13)18)16(20)19-9-5-7-14(11-19)17(21)22/h3-4,6,8,12,14H,2,5,7,9-11H2,1H3,(H,21,22)/t12?,14-/m0/s1. The second-order valence-corrected chi connectivity index (χ2v) is 6.72. The van der Waals surface area contributed by atoms with E-state index in [1.807, 2.05) is 31.2 Å². The van der Waals surface area contributed by atoms with E-state index in [9.17, 15) is 9.59 Å². The highest BCUT2D eigenvalue weighted by molar-refractivity contribution is 9.10. The number of piperidine rings is 1. The molecule has 0 aromatic heterocycles. The van der Waals surface area contributed by atoms with E-state index in [0.717, 1.165) is 22.9 Å². The van der Waals surface area contributed by atoms with Crippen LogP contribution in [0.25, 0.3) is 0 Å². The lowest BCUT2D eigenvalue weighted by Crippen LogP contribution is -2.45. The van der Waals surface area contributed by atoms with Gasteiger partial charge in [0.25, 0.3) is 0 Å². The molecule has 0 bridgehead atoms. The third kappa shape index (κ3) is 4.09. The molecular formula is C17H22BrNO3. The second kappa shape index (κ2) is 7.77. The number of carbonyl (C=O) groups excluding carboxylic acids is 1. The van der Waals surface area contributed by atoms with Crippen molar-refractivity contribution in [2.24, 2.45) is 11.8 Å².